The van der Waals surface area contributed by atoms with E-state index in [9.17, 15) is 9.59 Å². The number of hydrogen-bond acceptors (Lipinski definition) is 4. The molecule has 0 unspecified atom stereocenters. The van der Waals surface area contributed by atoms with Gasteiger partial charge >= 0.3 is 12.1 Å². The highest BCUT2D eigenvalue weighted by Gasteiger charge is 2.22. The minimum absolute atomic E-state index is 0.117. The Balaban J connectivity index is 1.96. The topological polar surface area (TPSA) is 104 Å². The predicted octanol–water partition coefficient (Wildman–Crippen LogP) is 2.16. The third kappa shape index (κ3) is 4.34. The number of carboxylic acids is 1. The SMILES string of the molecule is Cc1[nH]cnc1[C@@H](CC(=O)O)NC(=O)OCc1ccccc1. The lowest BCUT2D eigenvalue weighted by atomic mass is 10.1. The third-order valence-corrected chi connectivity index (χ3v) is 3.08. The van der Waals surface area contributed by atoms with Gasteiger partial charge in [0, 0.05) is 5.69 Å². The molecule has 1 amide bonds. The molecule has 2 aromatic rings. The lowest BCUT2D eigenvalue weighted by Crippen LogP contribution is -2.31. The van der Waals surface area contributed by atoms with E-state index in [1.165, 1.54) is 6.33 Å². The van der Waals surface area contributed by atoms with Crippen molar-refractivity contribution < 1.29 is 19.4 Å². The molecule has 1 heterocycles. The fraction of sp³-hybridized carbons (Fsp3) is 0.267. The zero-order chi connectivity index (χ0) is 15.9. The number of imidazole rings is 1. The first-order valence-electron chi connectivity index (χ1n) is 6.75. The molecule has 0 radical (unpaired) electrons. The molecule has 1 aromatic heterocycles. The number of benzene rings is 1. The summed E-state index contributed by atoms with van der Waals surface area (Å²) in [6.45, 7) is 1.88. The molecule has 0 aliphatic rings. The number of aromatic nitrogens is 2. The Bertz CT molecular complexity index is 639. The van der Waals surface area contributed by atoms with E-state index in [0.717, 1.165) is 5.56 Å². The Kier molecular flexibility index (Phi) is 5.13. The van der Waals surface area contributed by atoms with Crippen LogP contribution in [0.15, 0.2) is 36.7 Å². The van der Waals surface area contributed by atoms with E-state index in [4.69, 9.17) is 9.84 Å². The summed E-state index contributed by atoms with van der Waals surface area (Å²) in [6.07, 6.45) is 0.500. The molecule has 1 aromatic carbocycles. The molecule has 2 rings (SSSR count). The Morgan fingerprint density at radius 3 is 2.68 bits per heavy atom. The number of amides is 1. The van der Waals surface area contributed by atoms with Gasteiger partial charge in [-0.05, 0) is 12.5 Å². The summed E-state index contributed by atoms with van der Waals surface area (Å²) in [7, 11) is 0. The quantitative estimate of drug-likeness (QED) is 0.758. The van der Waals surface area contributed by atoms with Gasteiger partial charge in [-0.2, -0.15) is 0 Å². The van der Waals surface area contributed by atoms with Gasteiger partial charge in [-0.25, -0.2) is 9.78 Å². The van der Waals surface area contributed by atoms with E-state index < -0.39 is 18.1 Å². The van der Waals surface area contributed by atoms with E-state index in [1.807, 2.05) is 30.3 Å². The van der Waals surface area contributed by atoms with E-state index in [2.05, 4.69) is 15.3 Å². The second-order valence-electron chi connectivity index (χ2n) is 4.77. The van der Waals surface area contributed by atoms with Crippen LogP contribution in [0, 0.1) is 6.92 Å². The minimum Gasteiger partial charge on any atom is -0.481 e. The molecular formula is C15H17N3O4. The van der Waals surface area contributed by atoms with Crippen LogP contribution in [0.4, 0.5) is 4.79 Å². The highest BCUT2D eigenvalue weighted by atomic mass is 16.5. The van der Waals surface area contributed by atoms with Crippen molar-refractivity contribution in [2.45, 2.75) is 26.0 Å². The molecule has 7 nitrogen and oxygen atoms in total. The normalized spacial score (nSPS) is 11.7. The maximum atomic E-state index is 11.9. The average Bonchev–Trinajstić information content (AvgIpc) is 2.91. The maximum absolute atomic E-state index is 11.9. The van der Waals surface area contributed by atoms with Crippen LogP contribution in [0.1, 0.15) is 29.4 Å². The van der Waals surface area contributed by atoms with Crippen molar-refractivity contribution in [3.05, 3.63) is 53.6 Å². The first-order chi connectivity index (χ1) is 10.6. The van der Waals surface area contributed by atoms with E-state index in [1.54, 1.807) is 6.92 Å². The average molecular weight is 303 g/mol. The summed E-state index contributed by atoms with van der Waals surface area (Å²) >= 11 is 0. The molecule has 0 saturated heterocycles. The van der Waals surface area contributed by atoms with Crippen molar-refractivity contribution in [3.63, 3.8) is 0 Å². The zero-order valence-electron chi connectivity index (χ0n) is 12.1. The summed E-state index contributed by atoms with van der Waals surface area (Å²) < 4.78 is 5.10. The molecule has 0 spiro atoms. The summed E-state index contributed by atoms with van der Waals surface area (Å²) in [5.74, 6) is -1.03. The summed E-state index contributed by atoms with van der Waals surface area (Å²) in [5.41, 5.74) is 2.04. The van der Waals surface area contributed by atoms with Gasteiger partial charge in [0.2, 0.25) is 0 Å². The van der Waals surface area contributed by atoms with Gasteiger partial charge in [0.15, 0.2) is 0 Å². The molecule has 116 valence electrons. The number of carboxylic acid groups (broad SMARTS) is 1. The molecule has 0 aliphatic heterocycles. The number of carbonyl (C=O) groups excluding carboxylic acids is 1. The number of alkyl carbamates (subject to hydrolysis) is 1. The van der Waals surface area contributed by atoms with Gasteiger partial charge in [-0.1, -0.05) is 30.3 Å². The van der Waals surface area contributed by atoms with Crippen molar-refractivity contribution in [1.29, 1.82) is 0 Å². The fourth-order valence-corrected chi connectivity index (χ4v) is 2.02. The van der Waals surface area contributed by atoms with E-state index >= 15 is 0 Å². The smallest absolute Gasteiger partial charge is 0.408 e. The van der Waals surface area contributed by atoms with Gasteiger partial charge in [0.1, 0.15) is 6.61 Å². The Morgan fingerprint density at radius 2 is 2.09 bits per heavy atom. The van der Waals surface area contributed by atoms with Crippen LogP contribution in [0.25, 0.3) is 0 Å². The van der Waals surface area contributed by atoms with E-state index in [0.29, 0.717) is 11.4 Å². The van der Waals surface area contributed by atoms with Crippen LogP contribution in [0.3, 0.4) is 0 Å². The van der Waals surface area contributed by atoms with Crippen LogP contribution in [-0.2, 0) is 16.1 Å². The molecular weight excluding hydrogens is 286 g/mol. The molecule has 0 aliphatic carbocycles. The number of ether oxygens (including phenoxy) is 1. The lowest BCUT2D eigenvalue weighted by molar-refractivity contribution is -0.137. The zero-order valence-corrected chi connectivity index (χ0v) is 12.1. The van der Waals surface area contributed by atoms with Crippen LogP contribution in [0.5, 0.6) is 0 Å². The first-order valence-corrected chi connectivity index (χ1v) is 6.75. The van der Waals surface area contributed by atoms with Crippen molar-refractivity contribution >= 4 is 12.1 Å². The predicted molar refractivity (Wildman–Crippen MR) is 78.1 cm³/mol. The largest absolute Gasteiger partial charge is 0.481 e. The Labute approximate surface area is 127 Å². The second-order valence-corrected chi connectivity index (χ2v) is 4.77. The van der Waals surface area contributed by atoms with Crippen LogP contribution >= 0.6 is 0 Å². The number of nitrogens with one attached hydrogen (secondary N) is 2. The minimum atomic E-state index is -1.03. The second kappa shape index (κ2) is 7.26. The molecule has 3 N–H and O–H groups in total. The van der Waals surface area contributed by atoms with Gasteiger partial charge < -0.3 is 20.1 Å². The maximum Gasteiger partial charge on any atom is 0.408 e. The standard InChI is InChI=1S/C15H17N3O4/c1-10-14(17-9-16-10)12(7-13(19)20)18-15(21)22-8-11-5-3-2-4-6-11/h2-6,9,12H,7-8H2,1H3,(H,16,17)(H,18,21)(H,19,20)/t12-/m1/s1. The Hall–Kier alpha value is -2.83. The molecule has 0 fully saturated rings. The summed E-state index contributed by atoms with van der Waals surface area (Å²) in [6, 6.07) is 8.48. The fourth-order valence-electron chi connectivity index (χ4n) is 2.02. The van der Waals surface area contributed by atoms with Crippen LogP contribution in [-0.4, -0.2) is 27.1 Å². The van der Waals surface area contributed by atoms with Crippen molar-refractivity contribution in [2.75, 3.05) is 0 Å². The number of nitrogens with zero attached hydrogens (tertiary/aromatic N) is 1. The molecule has 0 saturated carbocycles. The van der Waals surface area contributed by atoms with Crippen molar-refractivity contribution in [2.24, 2.45) is 0 Å². The molecule has 1 atom stereocenters. The number of rotatable bonds is 6. The number of aromatic amines is 1. The number of H-pyrrole nitrogens is 1. The van der Waals surface area contributed by atoms with Crippen molar-refractivity contribution in [3.8, 4) is 0 Å². The number of carbonyl (C=O) groups is 2. The highest BCUT2D eigenvalue weighted by Crippen LogP contribution is 2.17. The number of aliphatic carboxylic acids is 1. The van der Waals surface area contributed by atoms with Crippen molar-refractivity contribution in [1.82, 2.24) is 15.3 Å². The summed E-state index contributed by atoms with van der Waals surface area (Å²) in [5, 5.41) is 11.5. The first kappa shape index (κ1) is 15.6. The van der Waals surface area contributed by atoms with Gasteiger partial charge in [0.25, 0.3) is 0 Å². The monoisotopic (exact) mass is 303 g/mol. The van der Waals surface area contributed by atoms with Gasteiger partial charge in [-0.15, -0.1) is 0 Å². The summed E-state index contributed by atoms with van der Waals surface area (Å²) in [4.78, 5) is 29.7. The Morgan fingerprint density at radius 1 is 1.36 bits per heavy atom. The molecule has 7 heteroatoms. The lowest BCUT2D eigenvalue weighted by Gasteiger charge is -2.16. The van der Waals surface area contributed by atoms with Crippen LogP contribution in [0.2, 0.25) is 0 Å². The number of aryl methyl sites for hydroxylation is 1. The molecule has 22 heavy (non-hydrogen) atoms. The molecule has 0 bridgehead atoms. The van der Waals surface area contributed by atoms with Gasteiger partial charge in [-0.3, -0.25) is 4.79 Å². The van der Waals surface area contributed by atoms with Crippen LogP contribution < -0.4 is 5.32 Å². The number of hydrogen-bond donors (Lipinski definition) is 3. The third-order valence-electron chi connectivity index (χ3n) is 3.08. The van der Waals surface area contributed by atoms with E-state index in [-0.39, 0.29) is 13.0 Å². The van der Waals surface area contributed by atoms with Gasteiger partial charge in [0.05, 0.1) is 24.5 Å². The highest BCUT2D eigenvalue weighted by molar-refractivity contribution is 5.71.